The van der Waals surface area contributed by atoms with Crippen LogP contribution in [0.5, 0.6) is 0 Å². The van der Waals surface area contributed by atoms with Crippen LogP contribution in [0.1, 0.15) is 55.7 Å². The number of benzene rings is 3. The van der Waals surface area contributed by atoms with Crippen LogP contribution in [0.15, 0.2) is 83.8 Å². The second kappa shape index (κ2) is 13.6. The minimum Gasteiger partial charge on any atom is -0.352 e. The third-order valence-corrected chi connectivity index (χ3v) is 9.38. The predicted molar refractivity (Wildman–Crippen MR) is 159 cm³/mol. The summed E-state index contributed by atoms with van der Waals surface area (Å²) in [5.41, 5.74) is 0.304. The van der Waals surface area contributed by atoms with Gasteiger partial charge in [0.25, 0.3) is 10.0 Å². The average Bonchev–Trinajstić information content (AvgIpc) is 3.48. The van der Waals surface area contributed by atoms with Crippen LogP contribution in [-0.4, -0.2) is 43.8 Å². The summed E-state index contributed by atoms with van der Waals surface area (Å²) in [4.78, 5) is 28.8. The Labute approximate surface area is 250 Å². The molecular formula is C32H36F3N3O4S. The molecule has 1 atom stereocenters. The molecule has 1 unspecified atom stereocenters. The van der Waals surface area contributed by atoms with Gasteiger partial charge in [0.05, 0.1) is 16.1 Å². The number of halogens is 3. The summed E-state index contributed by atoms with van der Waals surface area (Å²) < 4.78 is 69.3. The first-order valence-electron chi connectivity index (χ1n) is 14.3. The Morgan fingerprint density at radius 3 is 2.26 bits per heavy atom. The number of hydrogen-bond donors (Lipinski definition) is 1. The lowest BCUT2D eigenvalue weighted by Crippen LogP contribution is -2.53. The summed E-state index contributed by atoms with van der Waals surface area (Å²) in [5, 5.41) is 3.04. The van der Waals surface area contributed by atoms with Crippen LogP contribution in [0, 0.1) is 6.92 Å². The lowest BCUT2D eigenvalue weighted by atomic mass is 10.1. The maximum atomic E-state index is 14.1. The number of rotatable bonds is 11. The van der Waals surface area contributed by atoms with Gasteiger partial charge in [0.2, 0.25) is 11.8 Å². The molecule has 43 heavy (non-hydrogen) atoms. The van der Waals surface area contributed by atoms with Crippen LogP contribution in [0.3, 0.4) is 0 Å². The van der Waals surface area contributed by atoms with Gasteiger partial charge in [-0.3, -0.25) is 13.9 Å². The highest BCUT2D eigenvalue weighted by molar-refractivity contribution is 7.92. The lowest BCUT2D eigenvalue weighted by molar-refractivity contribution is -0.140. The van der Waals surface area contributed by atoms with E-state index < -0.39 is 40.3 Å². The van der Waals surface area contributed by atoms with Crippen molar-refractivity contribution in [3.8, 4) is 0 Å². The van der Waals surface area contributed by atoms with Crippen molar-refractivity contribution < 1.29 is 31.2 Å². The van der Waals surface area contributed by atoms with Crippen LogP contribution < -0.4 is 9.62 Å². The number of hydrogen-bond acceptors (Lipinski definition) is 4. The van der Waals surface area contributed by atoms with Crippen molar-refractivity contribution >= 4 is 27.5 Å². The fourth-order valence-corrected chi connectivity index (χ4v) is 6.81. The van der Waals surface area contributed by atoms with Gasteiger partial charge in [0, 0.05) is 12.6 Å². The summed E-state index contributed by atoms with van der Waals surface area (Å²) in [5.74, 6) is -1.06. The van der Waals surface area contributed by atoms with E-state index in [9.17, 15) is 31.2 Å². The second-order valence-corrected chi connectivity index (χ2v) is 12.7. The van der Waals surface area contributed by atoms with Crippen molar-refractivity contribution in [1.82, 2.24) is 10.2 Å². The smallest absolute Gasteiger partial charge is 0.352 e. The molecule has 2 amide bonds. The largest absolute Gasteiger partial charge is 0.416 e. The maximum absolute atomic E-state index is 14.1. The van der Waals surface area contributed by atoms with E-state index in [0.29, 0.717) is 10.4 Å². The zero-order chi connectivity index (χ0) is 31.2. The van der Waals surface area contributed by atoms with Gasteiger partial charge in [-0.2, -0.15) is 13.2 Å². The van der Waals surface area contributed by atoms with Gasteiger partial charge < -0.3 is 10.2 Å². The Morgan fingerprint density at radius 1 is 0.953 bits per heavy atom. The minimum absolute atomic E-state index is 0.00228. The zero-order valence-corrected chi connectivity index (χ0v) is 25.0. The number of nitrogens with one attached hydrogen (secondary N) is 1. The lowest BCUT2D eigenvalue weighted by Gasteiger charge is -2.34. The number of anilines is 1. The first-order chi connectivity index (χ1) is 20.4. The second-order valence-electron chi connectivity index (χ2n) is 10.8. The molecule has 3 aromatic rings. The van der Waals surface area contributed by atoms with Gasteiger partial charge in [-0.15, -0.1) is 0 Å². The number of aryl methyl sites for hydroxylation is 1. The van der Waals surface area contributed by atoms with Crippen LogP contribution in [0.25, 0.3) is 0 Å². The van der Waals surface area contributed by atoms with E-state index >= 15 is 0 Å². The number of nitrogens with zero attached hydrogens (tertiary/aromatic N) is 2. The topological polar surface area (TPSA) is 86.8 Å². The average molecular weight is 616 g/mol. The van der Waals surface area contributed by atoms with Gasteiger partial charge in [0.1, 0.15) is 12.6 Å². The molecule has 0 aromatic heterocycles. The normalized spacial score (nSPS) is 14.7. The number of sulfonamides is 1. The maximum Gasteiger partial charge on any atom is 0.416 e. The SMILES string of the molecule is CCC(C(=O)NC1CCCC1)N(Cc1cccc(C)c1)C(=O)CN(c1cccc(C(F)(F)F)c1)S(=O)(=O)c1ccccc1. The first kappa shape index (κ1) is 32.1. The van der Waals surface area contributed by atoms with E-state index in [1.54, 1.807) is 19.1 Å². The Balaban J connectivity index is 1.75. The van der Waals surface area contributed by atoms with E-state index in [2.05, 4.69) is 5.32 Å². The molecule has 1 N–H and O–H groups in total. The summed E-state index contributed by atoms with van der Waals surface area (Å²) in [6.45, 7) is 2.86. The molecule has 0 radical (unpaired) electrons. The van der Waals surface area contributed by atoms with Crippen molar-refractivity contribution in [3.63, 3.8) is 0 Å². The van der Waals surface area contributed by atoms with Gasteiger partial charge in [-0.1, -0.05) is 73.9 Å². The number of carbonyl (C=O) groups is 2. The van der Waals surface area contributed by atoms with Crippen LogP contribution in [0.4, 0.5) is 18.9 Å². The van der Waals surface area contributed by atoms with Crippen LogP contribution in [-0.2, 0) is 32.3 Å². The van der Waals surface area contributed by atoms with Crippen LogP contribution >= 0.6 is 0 Å². The molecule has 0 aliphatic heterocycles. The summed E-state index contributed by atoms with van der Waals surface area (Å²) in [6, 6.07) is 17.5. The Bertz CT molecular complexity index is 1520. The number of carbonyl (C=O) groups excluding carboxylic acids is 2. The van der Waals surface area contributed by atoms with E-state index in [-0.39, 0.29) is 35.5 Å². The van der Waals surface area contributed by atoms with Crippen molar-refractivity contribution in [2.45, 2.75) is 75.7 Å². The van der Waals surface area contributed by atoms with Crippen LogP contribution in [0.2, 0.25) is 0 Å². The third kappa shape index (κ3) is 7.95. The van der Waals surface area contributed by atoms with Gasteiger partial charge in [-0.05, 0) is 62.1 Å². The molecule has 7 nitrogen and oxygen atoms in total. The Morgan fingerprint density at radius 2 is 1.63 bits per heavy atom. The molecular weight excluding hydrogens is 579 g/mol. The van der Waals surface area contributed by atoms with Gasteiger partial charge in [-0.25, -0.2) is 8.42 Å². The number of amides is 2. The van der Waals surface area contributed by atoms with Gasteiger partial charge in [0.15, 0.2) is 0 Å². The standard InChI is InChI=1S/C32H36F3N3O4S/c1-3-29(31(40)36-26-14-7-8-15-26)37(21-24-12-9-11-23(2)19-24)30(39)22-38(43(41,42)28-17-5-4-6-18-28)27-16-10-13-25(20-27)32(33,34)35/h4-6,9-13,16-20,26,29H,3,7-8,14-15,21-22H2,1-2H3,(H,36,40). The Kier molecular flexibility index (Phi) is 10.2. The molecule has 0 heterocycles. The molecule has 4 rings (SSSR count). The molecule has 0 spiro atoms. The van der Waals surface area contributed by atoms with E-state index in [1.807, 2.05) is 25.1 Å². The van der Waals surface area contributed by atoms with Crippen molar-refractivity contribution in [1.29, 1.82) is 0 Å². The molecule has 11 heteroatoms. The third-order valence-electron chi connectivity index (χ3n) is 7.59. The first-order valence-corrected chi connectivity index (χ1v) is 15.7. The van der Waals surface area contributed by atoms with Gasteiger partial charge >= 0.3 is 6.18 Å². The predicted octanol–water partition coefficient (Wildman–Crippen LogP) is 6.08. The summed E-state index contributed by atoms with van der Waals surface area (Å²) in [6.07, 6.45) is -0.802. The monoisotopic (exact) mass is 615 g/mol. The fourth-order valence-electron chi connectivity index (χ4n) is 5.38. The van der Waals surface area contributed by atoms with E-state index in [1.165, 1.54) is 35.2 Å². The molecule has 1 aliphatic rings. The molecule has 0 saturated heterocycles. The summed E-state index contributed by atoms with van der Waals surface area (Å²) >= 11 is 0. The van der Waals surface area contributed by atoms with E-state index in [0.717, 1.165) is 48.9 Å². The zero-order valence-electron chi connectivity index (χ0n) is 24.2. The highest BCUT2D eigenvalue weighted by Crippen LogP contribution is 2.33. The summed E-state index contributed by atoms with van der Waals surface area (Å²) in [7, 11) is -4.48. The van der Waals surface area contributed by atoms with Crippen molar-refractivity contribution in [3.05, 3.63) is 95.6 Å². The molecule has 1 aliphatic carbocycles. The Hall–Kier alpha value is -3.86. The quantitative estimate of drug-likeness (QED) is 0.284. The molecule has 3 aromatic carbocycles. The molecule has 1 fully saturated rings. The van der Waals surface area contributed by atoms with E-state index in [4.69, 9.17) is 0 Å². The highest BCUT2D eigenvalue weighted by Gasteiger charge is 2.36. The molecule has 230 valence electrons. The molecule has 0 bridgehead atoms. The fraction of sp³-hybridized carbons (Fsp3) is 0.375. The highest BCUT2D eigenvalue weighted by atomic mass is 32.2. The van der Waals surface area contributed by atoms with Crippen molar-refractivity contribution in [2.24, 2.45) is 0 Å². The molecule has 1 saturated carbocycles. The van der Waals surface area contributed by atoms with Crippen molar-refractivity contribution in [2.75, 3.05) is 10.8 Å². The number of alkyl halides is 3. The minimum atomic E-state index is -4.73.